The van der Waals surface area contributed by atoms with Gasteiger partial charge in [-0.15, -0.1) is 24.5 Å². The number of esters is 1. The van der Waals surface area contributed by atoms with Crippen molar-refractivity contribution in [1.82, 2.24) is 5.32 Å². The molecule has 134 valence electrons. The zero-order chi connectivity index (χ0) is 18.6. The zero-order valence-corrected chi connectivity index (χ0v) is 14.0. The minimum atomic E-state index is -4.79. The molecule has 1 unspecified atom stereocenters. The van der Waals surface area contributed by atoms with Gasteiger partial charge in [0, 0.05) is 0 Å². The van der Waals surface area contributed by atoms with Gasteiger partial charge < -0.3 is 14.8 Å². The highest BCUT2D eigenvalue weighted by molar-refractivity contribution is 7.15. The summed E-state index contributed by atoms with van der Waals surface area (Å²) in [6, 6.07) is 7.73. The standard InChI is InChI=1S/C16H14F3NO4S/c1-9(10-4-3-5-11(8-10)24-16(17,18)19)20-14(21)12-6-7-13(25-12)15(22)23-2/h3-9H,1-2H3,(H,20,21). The number of benzene rings is 1. The molecule has 0 bridgehead atoms. The van der Waals surface area contributed by atoms with Crippen LogP contribution in [0.25, 0.3) is 0 Å². The highest BCUT2D eigenvalue weighted by Crippen LogP contribution is 2.26. The Kier molecular flexibility index (Phi) is 5.68. The first-order valence-electron chi connectivity index (χ1n) is 7.04. The molecule has 0 spiro atoms. The maximum absolute atomic E-state index is 12.3. The van der Waals surface area contributed by atoms with Crippen molar-refractivity contribution in [1.29, 1.82) is 0 Å². The first kappa shape index (κ1) is 18.8. The van der Waals surface area contributed by atoms with Crippen LogP contribution in [0.5, 0.6) is 5.75 Å². The molecule has 0 saturated carbocycles. The number of hydrogen-bond donors (Lipinski definition) is 1. The second kappa shape index (κ2) is 7.56. The predicted octanol–water partition coefficient (Wildman–Crippen LogP) is 3.92. The summed E-state index contributed by atoms with van der Waals surface area (Å²) in [5.41, 5.74) is 0.444. The number of halogens is 3. The van der Waals surface area contributed by atoms with E-state index in [1.54, 1.807) is 13.0 Å². The molecule has 0 fully saturated rings. The molecule has 9 heteroatoms. The molecule has 1 atom stereocenters. The zero-order valence-electron chi connectivity index (χ0n) is 13.2. The number of alkyl halides is 3. The Morgan fingerprint density at radius 2 is 1.84 bits per heavy atom. The van der Waals surface area contributed by atoms with Crippen LogP contribution in [-0.4, -0.2) is 25.3 Å². The smallest absolute Gasteiger partial charge is 0.465 e. The van der Waals surface area contributed by atoms with Gasteiger partial charge in [0.05, 0.1) is 18.0 Å². The number of methoxy groups -OCH3 is 1. The number of thiophene rings is 1. The molecule has 0 aliphatic carbocycles. The van der Waals surface area contributed by atoms with Gasteiger partial charge in [0.15, 0.2) is 0 Å². The first-order chi connectivity index (χ1) is 11.7. The van der Waals surface area contributed by atoms with Crippen LogP contribution in [-0.2, 0) is 4.74 Å². The van der Waals surface area contributed by atoms with Crippen LogP contribution in [0.15, 0.2) is 36.4 Å². The van der Waals surface area contributed by atoms with Crippen molar-refractivity contribution in [2.24, 2.45) is 0 Å². The lowest BCUT2D eigenvalue weighted by atomic mass is 10.1. The molecule has 1 heterocycles. The summed E-state index contributed by atoms with van der Waals surface area (Å²) in [4.78, 5) is 24.2. The lowest BCUT2D eigenvalue weighted by Gasteiger charge is -2.15. The van der Waals surface area contributed by atoms with E-state index in [0.717, 1.165) is 11.3 Å². The Morgan fingerprint density at radius 1 is 1.16 bits per heavy atom. The maximum Gasteiger partial charge on any atom is 0.573 e. The van der Waals surface area contributed by atoms with E-state index in [1.807, 2.05) is 0 Å². The lowest BCUT2D eigenvalue weighted by molar-refractivity contribution is -0.274. The van der Waals surface area contributed by atoms with Crippen molar-refractivity contribution in [3.05, 3.63) is 51.7 Å². The molecule has 2 aromatic rings. The van der Waals surface area contributed by atoms with E-state index in [1.165, 1.54) is 37.4 Å². The fraction of sp³-hybridized carbons (Fsp3) is 0.250. The van der Waals surface area contributed by atoms with Crippen LogP contribution in [0.2, 0.25) is 0 Å². The summed E-state index contributed by atoms with van der Waals surface area (Å²) in [6.07, 6.45) is -4.79. The highest BCUT2D eigenvalue weighted by Gasteiger charge is 2.31. The van der Waals surface area contributed by atoms with Gasteiger partial charge in [-0.2, -0.15) is 0 Å². The second-order valence-corrected chi connectivity index (χ2v) is 6.05. The maximum atomic E-state index is 12.3. The Labute approximate surface area is 145 Å². The molecule has 1 aromatic heterocycles. The SMILES string of the molecule is COC(=O)c1ccc(C(=O)NC(C)c2cccc(OC(F)(F)F)c2)s1. The molecule has 1 amide bonds. The van der Waals surface area contributed by atoms with Crippen LogP contribution in [0.1, 0.15) is 37.9 Å². The molecular weight excluding hydrogens is 359 g/mol. The van der Waals surface area contributed by atoms with Crippen LogP contribution < -0.4 is 10.1 Å². The molecule has 0 saturated heterocycles. The number of amides is 1. The molecule has 1 aromatic carbocycles. The fourth-order valence-electron chi connectivity index (χ4n) is 2.00. The average Bonchev–Trinajstić information content (AvgIpc) is 3.02. The van der Waals surface area contributed by atoms with Gasteiger partial charge >= 0.3 is 12.3 Å². The van der Waals surface area contributed by atoms with Crippen molar-refractivity contribution in [2.75, 3.05) is 7.11 Å². The summed E-state index contributed by atoms with van der Waals surface area (Å²) >= 11 is 0.962. The topological polar surface area (TPSA) is 64.6 Å². The average molecular weight is 373 g/mol. The Balaban J connectivity index is 2.07. The third-order valence-corrected chi connectivity index (χ3v) is 4.22. The number of carbonyl (C=O) groups excluding carboxylic acids is 2. The molecule has 0 aliphatic heterocycles. The van der Waals surface area contributed by atoms with E-state index in [9.17, 15) is 22.8 Å². The van der Waals surface area contributed by atoms with E-state index in [4.69, 9.17) is 0 Å². The van der Waals surface area contributed by atoms with Gasteiger partial charge in [-0.1, -0.05) is 12.1 Å². The molecule has 0 radical (unpaired) electrons. The van der Waals surface area contributed by atoms with Crippen molar-refractivity contribution >= 4 is 23.2 Å². The number of carbonyl (C=O) groups is 2. The van der Waals surface area contributed by atoms with E-state index >= 15 is 0 Å². The summed E-state index contributed by atoms with van der Waals surface area (Å²) < 4.78 is 45.3. The van der Waals surface area contributed by atoms with Crippen LogP contribution >= 0.6 is 11.3 Å². The Morgan fingerprint density at radius 3 is 2.48 bits per heavy atom. The molecule has 2 rings (SSSR count). The van der Waals surface area contributed by atoms with Gasteiger partial charge in [0.25, 0.3) is 5.91 Å². The van der Waals surface area contributed by atoms with Crippen molar-refractivity contribution in [3.8, 4) is 5.75 Å². The normalized spacial score (nSPS) is 12.4. The van der Waals surface area contributed by atoms with Gasteiger partial charge in [0.1, 0.15) is 10.6 Å². The molecule has 1 N–H and O–H groups in total. The molecule has 25 heavy (non-hydrogen) atoms. The summed E-state index contributed by atoms with van der Waals surface area (Å²) in [7, 11) is 1.24. The number of hydrogen-bond acceptors (Lipinski definition) is 5. The third-order valence-electron chi connectivity index (χ3n) is 3.16. The van der Waals surface area contributed by atoms with Crippen LogP contribution in [0.4, 0.5) is 13.2 Å². The van der Waals surface area contributed by atoms with Gasteiger partial charge in [-0.25, -0.2) is 4.79 Å². The Hall–Kier alpha value is -2.55. The molecule has 5 nitrogen and oxygen atoms in total. The van der Waals surface area contributed by atoms with E-state index in [2.05, 4.69) is 14.8 Å². The van der Waals surface area contributed by atoms with Crippen molar-refractivity contribution in [3.63, 3.8) is 0 Å². The summed E-state index contributed by atoms with van der Waals surface area (Å²) in [5.74, 6) is -1.36. The monoisotopic (exact) mass is 373 g/mol. The van der Waals surface area contributed by atoms with Gasteiger partial charge in [0.2, 0.25) is 0 Å². The van der Waals surface area contributed by atoms with Crippen LogP contribution in [0, 0.1) is 0 Å². The second-order valence-electron chi connectivity index (χ2n) is 4.97. The van der Waals surface area contributed by atoms with Crippen molar-refractivity contribution < 1.29 is 32.2 Å². The first-order valence-corrected chi connectivity index (χ1v) is 7.86. The number of rotatable bonds is 5. The Bertz CT molecular complexity index is 773. The third kappa shape index (κ3) is 5.21. The van der Waals surface area contributed by atoms with Crippen molar-refractivity contribution in [2.45, 2.75) is 19.3 Å². The van der Waals surface area contributed by atoms with E-state index in [0.29, 0.717) is 5.56 Å². The summed E-state index contributed by atoms with van der Waals surface area (Å²) in [6.45, 7) is 1.62. The minimum Gasteiger partial charge on any atom is -0.465 e. The minimum absolute atomic E-state index is 0.279. The van der Waals surface area contributed by atoms with Gasteiger partial charge in [-0.05, 0) is 36.8 Å². The number of ether oxygens (including phenoxy) is 2. The molecule has 0 aliphatic rings. The van der Waals surface area contributed by atoms with E-state index in [-0.39, 0.29) is 15.5 Å². The van der Waals surface area contributed by atoms with Gasteiger partial charge in [-0.3, -0.25) is 4.79 Å². The predicted molar refractivity (Wildman–Crippen MR) is 84.7 cm³/mol. The molecular formula is C16H14F3NO4S. The largest absolute Gasteiger partial charge is 0.573 e. The fourth-order valence-corrected chi connectivity index (χ4v) is 2.83. The highest BCUT2D eigenvalue weighted by atomic mass is 32.1. The quantitative estimate of drug-likeness (QED) is 0.807. The summed E-state index contributed by atoms with van der Waals surface area (Å²) in [5, 5.41) is 2.66. The number of nitrogens with one attached hydrogen (secondary N) is 1. The van der Waals surface area contributed by atoms with Crippen LogP contribution in [0.3, 0.4) is 0 Å². The lowest BCUT2D eigenvalue weighted by Crippen LogP contribution is -2.26. The van der Waals surface area contributed by atoms with E-state index < -0.39 is 24.3 Å².